The van der Waals surface area contributed by atoms with E-state index in [1.165, 1.54) is 0 Å². The van der Waals surface area contributed by atoms with Gasteiger partial charge in [0.2, 0.25) is 5.75 Å². The van der Waals surface area contributed by atoms with Crippen LogP contribution in [0.25, 0.3) is 0 Å². The molecule has 1 aliphatic rings. The quantitative estimate of drug-likeness (QED) is 0.515. The molecule has 27 heavy (non-hydrogen) atoms. The zero-order chi connectivity index (χ0) is 19.7. The highest BCUT2D eigenvalue weighted by molar-refractivity contribution is 8.00. The fourth-order valence-corrected chi connectivity index (χ4v) is 3.88. The maximum absolute atomic E-state index is 5.51. The molecule has 8 heteroatoms. The second-order valence-corrected chi connectivity index (χ2v) is 7.59. The molecule has 1 aromatic rings. The molecule has 0 unspecified atom stereocenters. The molecule has 1 aliphatic heterocycles. The number of nitrogens with zero attached hydrogens (tertiary/aromatic N) is 1. The Morgan fingerprint density at radius 2 is 1.74 bits per heavy atom. The number of guanidine groups is 1. The van der Waals surface area contributed by atoms with Crippen LogP contribution < -0.4 is 24.8 Å². The van der Waals surface area contributed by atoms with E-state index < -0.39 is 0 Å². The predicted octanol–water partition coefficient (Wildman–Crippen LogP) is 2.29. The normalized spacial score (nSPS) is 16.6. The molecule has 0 bridgehead atoms. The van der Waals surface area contributed by atoms with Gasteiger partial charge in [0.25, 0.3) is 0 Å². The molecule has 1 heterocycles. The number of ether oxygens (including phenoxy) is 4. The van der Waals surface area contributed by atoms with Crippen molar-refractivity contribution in [1.82, 2.24) is 10.6 Å². The van der Waals surface area contributed by atoms with Crippen LogP contribution in [0.1, 0.15) is 18.4 Å². The molecule has 0 aliphatic carbocycles. The van der Waals surface area contributed by atoms with Crippen molar-refractivity contribution in [2.75, 3.05) is 54.4 Å². The Hall–Kier alpha value is -1.80. The molecule has 0 saturated carbocycles. The standard InChI is InChI=1S/C19H31N3O4S/c1-20-18(22-13-19(27-5)6-8-26-9-7-19)21-12-14-10-15(23-2)17(25-4)16(11-14)24-3/h10-11H,6-9,12-13H2,1-5H3,(H2,20,21,22). The zero-order valence-corrected chi connectivity index (χ0v) is 17.7. The van der Waals surface area contributed by atoms with Gasteiger partial charge in [0.05, 0.1) is 21.3 Å². The van der Waals surface area contributed by atoms with E-state index >= 15 is 0 Å². The van der Waals surface area contributed by atoms with Gasteiger partial charge in [-0.1, -0.05) is 0 Å². The van der Waals surface area contributed by atoms with Crippen molar-refractivity contribution in [3.63, 3.8) is 0 Å². The predicted molar refractivity (Wildman–Crippen MR) is 111 cm³/mol. The summed E-state index contributed by atoms with van der Waals surface area (Å²) in [5, 5.41) is 6.81. The van der Waals surface area contributed by atoms with Crippen molar-refractivity contribution in [1.29, 1.82) is 0 Å². The van der Waals surface area contributed by atoms with E-state index in [2.05, 4.69) is 21.9 Å². The highest BCUT2D eigenvalue weighted by Gasteiger charge is 2.31. The van der Waals surface area contributed by atoms with Crippen LogP contribution in [0.2, 0.25) is 0 Å². The van der Waals surface area contributed by atoms with Crippen LogP contribution in [0, 0.1) is 0 Å². The summed E-state index contributed by atoms with van der Waals surface area (Å²) >= 11 is 1.90. The third-order valence-corrected chi connectivity index (χ3v) is 6.24. The van der Waals surface area contributed by atoms with Crippen LogP contribution >= 0.6 is 11.8 Å². The van der Waals surface area contributed by atoms with Crippen molar-refractivity contribution >= 4 is 17.7 Å². The first-order chi connectivity index (χ1) is 13.1. The van der Waals surface area contributed by atoms with Crippen molar-refractivity contribution in [3.8, 4) is 17.2 Å². The number of thioether (sulfide) groups is 1. The molecular weight excluding hydrogens is 366 g/mol. The lowest BCUT2D eigenvalue weighted by molar-refractivity contribution is 0.0783. The average Bonchev–Trinajstić information content (AvgIpc) is 2.73. The second-order valence-electron chi connectivity index (χ2n) is 6.31. The lowest BCUT2D eigenvalue weighted by Gasteiger charge is -2.36. The summed E-state index contributed by atoms with van der Waals surface area (Å²) in [5.41, 5.74) is 1.01. The first-order valence-corrected chi connectivity index (χ1v) is 10.2. The topological polar surface area (TPSA) is 73.3 Å². The molecule has 0 atom stereocenters. The summed E-state index contributed by atoms with van der Waals surface area (Å²) in [7, 11) is 6.61. The zero-order valence-electron chi connectivity index (χ0n) is 16.9. The van der Waals surface area contributed by atoms with E-state index in [9.17, 15) is 0 Å². The largest absolute Gasteiger partial charge is 0.493 e. The summed E-state index contributed by atoms with van der Waals surface area (Å²) in [6.07, 6.45) is 4.26. The number of methoxy groups -OCH3 is 3. The Balaban J connectivity index is 1.99. The summed E-state index contributed by atoms with van der Waals surface area (Å²) in [4.78, 5) is 4.34. The molecule has 0 spiro atoms. The van der Waals surface area contributed by atoms with Gasteiger partial charge in [0.15, 0.2) is 17.5 Å². The molecule has 2 N–H and O–H groups in total. The highest BCUT2D eigenvalue weighted by Crippen LogP contribution is 2.38. The Morgan fingerprint density at radius 1 is 1.11 bits per heavy atom. The SMILES string of the molecule is CN=C(NCc1cc(OC)c(OC)c(OC)c1)NCC1(SC)CCOCC1. The molecule has 1 saturated heterocycles. The first-order valence-electron chi connectivity index (χ1n) is 8.97. The van der Waals surface area contributed by atoms with Crippen molar-refractivity contribution < 1.29 is 18.9 Å². The molecule has 152 valence electrons. The summed E-state index contributed by atoms with van der Waals surface area (Å²) in [6, 6.07) is 3.87. The summed E-state index contributed by atoms with van der Waals surface area (Å²) in [5.74, 6) is 2.64. The number of aliphatic imine (C=N–C) groups is 1. The molecule has 0 radical (unpaired) electrons. The van der Waals surface area contributed by atoms with E-state index in [1.54, 1.807) is 28.4 Å². The van der Waals surface area contributed by atoms with Gasteiger partial charge in [-0.3, -0.25) is 4.99 Å². The number of rotatable bonds is 8. The number of benzene rings is 1. The van der Waals surface area contributed by atoms with Crippen molar-refractivity contribution in [2.45, 2.75) is 24.1 Å². The molecule has 1 aromatic carbocycles. The van der Waals surface area contributed by atoms with Crippen LogP contribution in [0.5, 0.6) is 17.2 Å². The Bertz CT molecular complexity index is 608. The molecule has 2 rings (SSSR count). The van der Waals surface area contributed by atoms with Crippen LogP contribution in [0.15, 0.2) is 17.1 Å². The minimum absolute atomic E-state index is 0.197. The number of hydrogen-bond donors (Lipinski definition) is 2. The first kappa shape index (κ1) is 21.5. The Kier molecular flexibility index (Phi) is 8.37. The fraction of sp³-hybridized carbons (Fsp3) is 0.632. The van der Waals surface area contributed by atoms with Gasteiger partial charge in [-0.15, -0.1) is 0 Å². The van der Waals surface area contributed by atoms with Crippen LogP contribution in [0.3, 0.4) is 0 Å². The van der Waals surface area contributed by atoms with E-state index in [0.29, 0.717) is 23.8 Å². The second kappa shape index (κ2) is 10.5. The van der Waals surface area contributed by atoms with Gasteiger partial charge in [-0.2, -0.15) is 11.8 Å². The van der Waals surface area contributed by atoms with Gasteiger partial charge in [0, 0.05) is 38.1 Å². The van der Waals surface area contributed by atoms with Gasteiger partial charge in [-0.05, 0) is 36.8 Å². The van der Waals surface area contributed by atoms with Crippen molar-refractivity contribution in [3.05, 3.63) is 17.7 Å². The van der Waals surface area contributed by atoms with Crippen LogP contribution in [0.4, 0.5) is 0 Å². The fourth-order valence-electron chi connectivity index (χ4n) is 3.09. The third-order valence-electron chi connectivity index (χ3n) is 4.82. The Labute approximate surface area is 166 Å². The number of nitrogens with one attached hydrogen (secondary N) is 2. The monoisotopic (exact) mass is 397 g/mol. The summed E-state index contributed by atoms with van der Waals surface area (Å²) < 4.78 is 21.9. The highest BCUT2D eigenvalue weighted by atomic mass is 32.2. The Morgan fingerprint density at radius 3 is 2.22 bits per heavy atom. The third kappa shape index (κ3) is 5.59. The van der Waals surface area contributed by atoms with E-state index in [4.69, 9.17) is 18.9 Å². The average molecular weight is 398 g/mol. The molecule has 1 fully saturated rings. The van der Waals surface area contributed by atoms with E-state index in [1.807, 2.05) is 23.9 Å². The lowest BCUT2D eigenvalue weighted by atomic mass is 9.99. The maximum Gasteiger partial charge on any atom is 0.203 e. The van der Waals surface area contributed by atoms with Crippen LogP contribution in [-0.4, -0.2) is 65.1 Å². The van der Waals surface area contributed by atoms with E-state index in [0.717, 1.165) is 44.1 Å². The smallest absolute Gasteiger partial charge is 0.203 e. The molecule has 0 aromatic heterocycles. The van der Waals surface area contributed by atoms with Gasteiger partial charge >= 0.3 is 0 Å². The molecule has 0 amide bonds. The van der Waals surface area contributed by atoms with Crippen molar-refractivity contribution in [2.24, 2.45) is 4.99 Å². The van der Waals surface area contributed by atoms with E-state index in [-0.39, 0.29) is 4.75 Å². The lowest BCUT2D eigenvalue weighted by Crippen LogP contribution is -2.47. The molecule has 7 nitrogen and oxygen atoms in total. The minimum Gasteiger partial charge on any atom is -0.493 e. The molecular formula is C19H31N3O4S. The van der Waals surface area contributed by atoms with Gasteiger partial charge < -0.3 is 29.6 Å². The van der Waals surface area contributed by atoms with Gasteiger partial charge in [0.1, 0.15) is 0 Å². The van der Waals surface area contributed by atoms with Crippen LogP contribution in [-0.2, 0) is 11.3 Å². The summed E-state index contributed by atoms with van der Waals surface area (Å²) in [6.45, 7) is 3.08. The number of hydrogen-bond acceptors (Lipinski definition) is 6. The minimum atomic E-state index is 0.197. The maximum atomic E-state index is 5.51. The van der Waals surface area contributed by atoms with Gasteiger partial charge in [-0.25, -0.2) is 0 Å².